The summed E-state index contributed by atoms with van der Waals surface area (Å²) < 4.78 is 5.25. The molecule has 0 radical (unpaired) electrons. The minimum Gasteiger partial charge on any atom is -0.496 e. The van der Waals surface area contributed by atoms with Crippen LogP contribution in [0.15, 0.2) is 23.0 Å². The Balaban J connectivity index is 2.63. The summed E-state index contributed by atoms with van der Waals surface area (Å²) in [6.07, 6.45) is 0.272. The molecule has 2 rings (SSSR count). The molecule has 0 spiro atoms. The summed E-state index contributed by atoms with van der Waals surface area (Å²) in [6.45, 7) is 1.63. The maximum atomic E-state index is 12.0. The molecular weight excluding hydrogens is 280 g/mol. The van der Waals surface area contributed by atoms with Crippen molar-refractivity contribution in [2.24, 2.45) is 0 Å². The van der Waals surface area contributed by atoms with E-state index in [-0.39, 0.29) is 18.6 Å². The largest absolute Gasteiger partial charge is 0.496 e. The molecule has 6 heteroatoms. The Bertz CT molecular complexity index is 683. The fraction of sp³-hybridized carbons (Fsp3) is 0.286. The lowest BCUT2D eigenvalue weighted by Crippen LogP contribution is -2.18. The molecule has 1 aromatic heterocycles. The number of aliphatic hydroxyl groups excluding tert-OH is 1. The molecule has 2 N–H and O–H groups in total. The van der Waals surface area contributed by atoms with Gasteiger partial charge in [0.2, 0.25) is 0 Å². The SMILES string of the molecule is COc1cccc(Cl)c1-c1nc(C)c(CCO)c(=O)[nH]1. The molecule has 1 heterocycles. The van der Waals surface area contributed by atoms with Gasteiger partial charge in [-0.3, -0.25) is 4.79 Å². The van der Waals surface area contributed by atoms with E-state index in [1.807, 2.05) is 0 Å². The van der Waals surface area contributed by atoms with Gasteiger partial charge in [0, 0.05) is 24.3 Å². The zero-order chi connectivity index (χ0) is 14.7. The van der Waals surface area contributed by atoms with Gasteiger partial charge in [0.1, 0.15) is 11.6 Å². The van der Waals surface area contributed by atoms with Crippen molar-refractivity contribution in [2.75, 3.05) is 13.7 Å². The molecule has 2 aromatic rings. The van der Waals surface area contributed by atoms with Crippen LogP contribution in [0.4, 0.5) is 0 Å². The number of aliphatic hydroxyl groups is 1. The lowest BCUT2D eigenvalue weighted by molar-refractivity contribution is 0.298. The molecule has 0 atom stereocenters. The van der Waals surface area contributed by atoms with Gasteiger partial charge in [-0.25, -0.2) is 4.98 Å². The predicted octanol–water partition coefficient (Wildman–Crippen LogP) is 1.94. The Labute approximate surface area is 121 Å². The molecular formula is C14H15ClN2O3. The average Bonchev–Trinajstić information content (AvgIpc) is 2.42. The normalized spacial score (nSPS) is 10.6. The first-order chi connectivity index (χ1) is 9.58. The van der Waals surface area contributed by atoms with E-state index in [1.165, 1.54) is 7.11 Å². The van der Waals surface area contributed by atoms with Crippen molar-refractivity contribution in [3.8, 4) is 17.1 Å². The summed E-state index contributed by atoms with van der Waals surface area (Å²) >= 11 is 6.17. The van der Waals surface area contributed by atoms with Crippen molar-refractivity contribution in [3.05, 3.63) is 44.8 Å². The summed E-state index contributed by atoms with van der Waals surface area (Å²) in [7, 11) is 1.53. The number of hydrogen-bond acceptors (Lipinski definition) is 4. The number of hydrogen-bond donors (Lipinski definition) is 2. The highest BCUT2D eigenvalue weighted by Crippen LogP contribution is 2.33. The summed E-state index contributed by atoms with van der Waals surface area (Å²) in [5, 5.41) is 9.41. The Morgan fingerprint density at radius 3 is 2.80 bits per heavy atom. The average molecular weight is 295 g/mol. The van der Waals surface area contributed by atoms with E-state index in [1.54, 1.807) is 25.1 Å². The topological polar surface area (TPSA) is 75.2 Å². The highest BCUT2D eigenvalue weighted by atomic mass is 35.5. The van der Waals surface area contributed by atoms with Gasteiger partial charge in [0.05, 0.1) is 17.7 Å². The van der Waals surface area contributed by atoms with Crippen LogP contribution in [0.3, 0.4) is 0 Å². The highest BCUT2D eigenvalue weighted by Gasteiger charge is 2.15. The zero-order valence-electron chi connectivity index (χ0n) is 11.2. The maximum Gasteiger partial charge on any atom is 0.254 e. The number of rotatable bonds is 4. The number of methoxy groups -OCH3 is 1. The monoisotopic (exact) mass is 294 g/mol. The minimum atomic E-state index is -0.275. The van der Waals surface area contributed by atoms with Gasteiger partial charge in [-0.1, -0.05) is 17.7 Å². The van der Waals surface area contributed by atoms with E-state index in [0.29, 0.717) is 33.4 Å². The number of benzene rings is 1. The second kappa shape index (κ2) is 6.07. The Morgan fingerprint density at radius 1 is 1.45 bits per heavy atom. The number of H-pyrrole nitrogens is 1. The number of halogens is 1. The van der Waals surface area contributed by atoms with Crippen molar-refractivity contribution >= 4 is 11.6 Å². The van der Waals surface area contributed by atoms with Crippen LogP contribution in [0.2, 0.25) is 5.02 Å². The lowest BCUT2D eigenvalue weighted by Gasteiger charge is -2.11. The smallest absolute Gasteiger partial charge is 0.254 e. The fourth-order valence-corrected chi connectivity index (χ4v) is 2.29. The number of aryl methyl sites for hydroxylation is 1. The van der Waals surface area contributed by atoms with E-state index >= 15 is 0 Å². The van der Waals surface area contributed by atoms with Gasteiger partial charge in [-0.2, -0.15) is 0 Å². The first-order valence-corrected chi connectivity index (χ1v) is 6.49. The highest BCUT2D eigenvalue weighted by molar-refractivity contribution is 6.33. The first-order valence-electron chi connectivity index (χ1n) is 6.12. The Morgan fingerprint density at radius 2 is 2.20 bits per heavy atom. The third-order valence-electron chi connectivity index (χ3n) is 3.02. The second-order valence-electron chi connectivity index (χ2n) is 4.27. The van der Waals surface area contributed by atoms with Crippen molar-refractivity contribution in [3.63, 3.8) is 0 Å². The second-order valence-corrected chi connectivity index (χ2v) is 4.68. The molecule has 5 nitrogen and oxygen atoms in total. The molecule has 106 valence electrons. The van der Waals surface area contributed by atoms with Gasteiger partial charge in [-0.05, 0) is 19.1 Å². The third kappa shape index (κ3) is 2.69. The number of nitrogens with one attached hydrogen (secondary N) is 1. The van der Waals surface area contributed by atoms with Crippen LogP contribution in [0.25, 0.3) is 11.4 Å². The molecule has 0 saturated heterocycles. The van der Waals surface area contributed by atoms with Crippen LogP contribution in [0.5, 0.6) is 5.75 Å². The van der Waals surface area contributed by atoms with E-state index in [2.05, 4.69) is 9.97 Å². The van der Waals surface area contributed by atoms with E-state index < -0.39 is 0 Å². The van der Waals surface area contributed by atoms with Crippen molar-refractivity contribution in [1.82, 2.24) is 9.97 Å². The van der Waals surface area contributed by atoms with Crippen LogP contribution >= 0.6 is 11.6 Å². The number of nitrogens with zero attached hydrogens (tertiary/aromatic N) is 1. The van der Waals surface area contributed by atoms with Crippen LogP contribution in [-0.4, -0.2) is 28.8 Å². The van der Waals surface area contributed by atoms with Gasteiger partial charge in [0.15, 0.2) is 0 Å². The first kappa shape index (κ1) is 14.6. The molecule has 0 aliphatic carbocycles. The van der Waals surface area contributed by atoms with Crippen LogP contribution in [0.1, 0.15) is 11.3 Å². The molecule has 0 fully saturated rings. The lowest BCUT2D eigenvalue weighted by atomic mass is 10.1. The van der Waals surface area contributed by atoms with E-state index in [9.17, 15) is 4.79 Å². The van der Waals surface area contributed by atoms with Crippen molar-refractivity contribution < 1.29 is 9.84 Å². The molecule has 20 heavy (non-hydrogen) atoms. The molecule has 1 aromatic carbocycles. The molecule has 0 aliphatic rings. The molecule has 0 saturated carbocycles. The maximum absolute atomic E-state index is 12.0. The molecule has 0 aliphatic heterocycles. The Kier molecular flexibility index (Phi) is 4.42. The summed E-state index contributed by atoms with van der Waals surface area (Å²) in [4.78, 5) is 19.1. The molecule has 0 unspecified atom stereocenters. The fourth-order valence-electron chi connectivity index (χ4n) is 2.04. The number of aromatic amines is 1. The number of ether oxygens (including phenoxy) is 1. The van der Waals surface area contributed by atoms with Gasteiger partial charge in [-0.15, -0.1) is 0 Å². The van der Waals surface area contributed by atoms with Gasteiger partial charge >= 0.3 is 0 Å². The van der Waals surface area contributed by atoms with Crippen LogP contribution in [0, 0.1) is 6.92 Å². The summed E-state index contributed by atoms with van der Waals surface area (Å²) in [6, 6.07) is 5.21. The van der Waals surface area contributed by atoms with Gasteiger partial charge < -0.3 is 14.8 Å². The standard InChI is InChI=1S/C14H15ClN2O3/c1-8-9(6-7-18)14(19)17-13(16-8)12-10(15)4-3-5-11(12)20-2/h3-5,18H,6-7H2,1-2H3,(H,16,17,19). The number of aromatic nitrogens is 2. The Hall–Kier alpha value is -1.85. The quantitative estimate of drug-likeness (QED) is 0.903. The van der Waals surface area contributed by atoms with Crippen LogP contribution < -0.4 is 10.3 Å². The van der Waals surface area contributed by atoms with Gasteiger partial charge in [0.25, 0.3) is 5.56 Å². The van der Waals surface area contributed by atoms with Crippen molar-refractivity contribution in [1.29, 1.82) is 0 Å². The molecule has 0 bridgehead atoms. The van der Waals surface area contributed by atoms with Crippen molar-refractivity contribution in [2.45, 2.75) is 13.3 Å². The summed E-state index contributed by atoms with van der Waals surface area (Å²) in [5.74, 6) is 0.895. The minimum absolute atomic E-state index is 0.0969. The third-order valence-corrected chi connectivity index (χ3v) is 3.33. The van der Waals surface area contributed by atoms with Crippen LogP contribution in [-0.2, 0) is 6.42 Å². The van der Waals surface area contributed by atoms with E-state index in [0.717, 1.165) is 0 Å². The molecule has 0 amide bonds. The predicted molar refractivity (Wildman–Crippen MR) is 77.4 cm³/mol. The summed E-state index contributed by atoms with van der Waals surface area (Å²) in [5.41, 5.74) is 1.32. The van der Waals surface area contributed by atoms with E-state index in [4.69, 9.17) is 21.4 Å². The zero-order valence-corrected chi connectivity index (χ0v) is 12.0.